The average Bonchev–Trinajstić information content (AvgIpc) is 2.57. The van der Waals surface area contributed by atoms with Crippen molar-refractivity contribution in [1.29, 1.82) is 0 Å². The van der Waals surface area contributed by atoms with Gasteiger partial charge in [0.2, 0.25) is 0 Å². The van der Waals surface area contributed by atoms with Crippen molar-refractivity contribution in [1.82, 2.24) is 4.83 Å². The van der Waals surface area contributed by atoms with Crippen LogP contribution in [-0.4, -0.2) is 34.0 Å². The minimum absolute atomic E-state index is 0.0477. The Hall–Kier alpha value is -2.26. The second-order valence-corrected chi connectivity index (χ2v) is 7.10. The first-order valence-corrected chi connectivity index (χ1v) is 8.90. The largest absolute Gasteiger partial charge is 0.503 e. The monoisotopic (exact) mass is 414 g/mol. The summed E-state index contributed by atoms with van der Waals surface area (Å²) in [6.45, 7) is 0. The van der Waals surface area contributed by atoms with Gasteiger partial charge in [0.05, 0.1) is 29.8 Å². The summed E-state index contributed by atoms with van der Waals surface area (Å²) in [5.41, 5.74) is 0.536. The van der Waals surface area contributed by atoms with Crippen molar-refractivity contribution in [2.75, 3.05) is 14.2 Å². The molecule has 0 saturated heterocycles. The van der Waals surface area contributed by atoms with Crippen LogP contribution < -0.4 is 14.3 Å². The van der Waals surface area contributed by atoms with Gasteiger partial charge in [-0.3, -0.25) is 0 Å². The molecule has 0 unspecified atom stereocenters. The van der Waals surface area contributed by atoms with E-state index in [4.69, 9.17) is 9.47 Å². The molecule has 0 fully saturated rings. The molecule has 0 saturated carbocycles. The van der Waals surface area contributed by atoms with Gasteiger partial charge in [-0.2, -0.15) is 13.5 Å². The van der Waals surface area contributed by atoms with Gasteiger partial charge in [0.15, 0.2) is 11.5 Å². The van der Waals surface area contributed by atoms with Crippen LogP contribution >= 0.6 is 15.9 Å². The smallest absolute Gasteiger partial charge is 0.276 e. The summed E-state index contributed by atoms with van der Waals surface area (Å²) >= 11 is 3.18. The molecule has 0 aliphatic carbocycles. The molecule has 0 bridgehead atoms. The van der Waals surface area contributed by atoms with Gasteiger partial charge in [-0.05, 0) is 57.9 Å². The molecule has 7 nitrogen and oxygen atoms in total. The Labute approximate surface area is 148 Å². The number of sulfonamides is 1. The summed E-state index contributed by atoms with van der Waals surface area (Å²) in [4.78, 5) is 2.18. The number of methoxy groups -OCH3 is 2. The molecule has 2 N–H and O–H groups in total. The minimum atomic E-state index is -3.79. The van der Waals surface area contributed by atoms with E-state index in [1.165, 1.54) is 38.6 Å². The Bertz CT molecular complexity index is 851. The zero-order valence-corrected chi connectivity index (χ0v) is 15.3. The van der Waals surface area contributed by atoms with Crippen molar-refractivity contribution in [2.24, 2.45) is 5.10 Å². The van der Waals surface area contributed by atoms with Gasteiger partial charge >= 0.3 is 0 Å². The summed E-state index contributed by atoms with van der Waals surface area (Å²) in [7, 11) is -0.878. The van der Waals surface area contributed by atoms with Crippen LogP contribution in [0.3, 0.4) is 0 Å². The van der Waals surface area contributed by atoms with Crippen LogP contribution in [0, 0.1) is 0 Å². The van der Waals surface area contributed by atoms with Crippen LogP contribution in [0.1, 0.15) is 5.56 Å². The van der Waals surface area contributed by atoms with E-state index in [2.05, 4.69) is 25.9 Å². The summed E-state index contributed by atoms with van der Waals surface area (Å²) < 4.78 is 34.7. The molecule has 2 aromatic carbocycles. The molecule has 0 aliphatic heterocycles. The molecule has 9 heteroatoms. The Morgan fingerprint density at radius 3 is 2.42 bits per heavy atom. The van der Waals surface area contributed by atoms with Crippen LogP contribution in [0.5, 0.6) is 17.2 Å². The Morgan fingerprint density at radius 1 is 1.17 bits per heavy atom. The number of hydrogen-bond acceptors (Lipinski definition) is 6. The predicted molar refractivity (Wildman–Crippen MR) is 93.3 cm³/mol. The van der Waals surface area contributed by atoms with Crippen molar-refractivity contribution in [3.8, 4) is 17.2 Å². The predicted octanol–water partition coefficient (Wildman–Crippen LogP) is 2.48. The lowest BCUT2D eigenvalue weighted by Crippen LogP contribution is -2.18. The van der Waals surface area contributed by atoms with E-state index in [1.807, 2.05) is 0 Å². The molecular weight excluding hydrogens is 400 g/mol. The normalized spacial score (nSPS) is 11.5. The van der Waals surface area contributed by atoms with Gasteiger partial charge in [0.1, 0.15) is 5.75 Å². The van der Waals surface area contributed by atoms with Crippen LogP contribution in [0.2, 0.25) is 0 Å². The van der Waals surface area contributed by atoms with E-state index in [0.717, 1.165) is 0 Å². The van der Waals surface area contributed by atoms with E-state index in [9.17, 15) is 13.5 Å². The first kappa shape index (κ1) is 18.1. The second kappa shape index (κ2) is 7.54. The lowest BCUT2D eigenvalue weighted by Gasteiger charge is -2.07. The van der Waals surface area contributed by atoms with Gasteiger partial charge < -0.3 is 14.6 Å². The molecule has 0 amide bonds. The zero-order valence-electron chi connectivity index (χ0n) is 12.9. The number of phenols is 1. The molecule has 0 aromatic heterocycles. The zero-order chi connectivity index (χ0) is 17.7. The van der Waals surface area contributed by atoms with Crippen molar-refractivity contribution in [3.05, 3.63) is 46.4 Å². The van der Waals surface area contributed by atoms with Gasteiger partial charge in [0, 0.05) is 0 Å². The summed E-state index contributed by atoms with van der Waals surface area (Å²) in [5.74, 6) is 0.746. The summed E-state index contributed by atoms with van der Waals surface area (Å²) in [6, 6.07) is 9.00. The highest BCUT2D eigenvalue weighted by Crippen LogP contribution is 2.34. The van der Waals surface area contributed by atoms with Crippen molar-refractivity contribution >= 4 is 32.2 Å². The molecular formula is C15H15BrN2O5S. The van der Waals surface area contributed by atoms with E-state index < -0.39 is 10.0 Å². The average molecular weight is 415 g/mol. The number of nitrogens with one attached hydrogen (secondary N) is 1. The van der Waals surface area contributed by atoms with E-state index in [0.29, 0.717) is 15.8 Å². The maximum Gasteiger partial charge on any atom is 0.276 e. The molecule has 128 valence electrons. The fraction of sp³-hybridized carbons (Fsp3) is 0.133. The number of aromatic hydroxyl groups is 1. The molecule has 0 radical (unpaired) electrons. The van der Waals surface area contributed by atoms with Crippen molar-refractivity contribution in [3.63, 3.8) is 0 Å². The van der Waals surface area contributed by atoms with Crippen molar-refractivity contribution < 1.29 is 23.0 Å². The molecule has 0 aliphatic rings. The lowest BCUT2D eigenvalue weighted by molar-refractivity contribution is 0.372. The summed E-state index contributed by atoms with van der Waals surface area (Å²) in [5, 5.41) is 13.5. The van der Waals surface area contributed by atoms with Gasteiger partial charge in [-0.25, -0.2) is 4.83 Å². The second-order valence-electron chi connectivity index (χ2n) is 4.58. The standard InChI is InChI=1S/C15H15BrN2O5S/c1-22-11-3-5-12(6-4-11)24(20,21)18-17-9-10-7-13(16)15(19)14(8-10)23-2/h3-9,18-19H,1-2H3/b17-9-. The first-order valence-electron chi connectivity index (χ1n) is 6.63. The number of halogens is 1. The number of rotatable bonds is 6. The number of hydrazone groups is 1. The third-order valence-electron chi connectivity index (χ3n) is 3.03. The third kappa shape index (κ3) is 4.18. The van der Waals surface area contributed by atoms with Gasteiger partial charge in [0.25, 0.3) is 10.0 Å². The SMILES string of the molecule is COc1ccc(S(=O)(=O)N/N=C\c2cc(Br)c(O)c(OC)c2)cc1. The number of nitrogens with zero attached hydrogens (tertiary/aromatic N) is 1. The van der Waals surface area contributed by atoms with E-state index in [1.54, 1.807) is 18.2 Å². The van der Waals surface area contributed by atoms with Crippen LogP contribution in [0.4, 0.5) is 0 Å². The Morgan fingerprint density at radius 2 is 1.83 bits per heavy atom. The number of phenolic OH excluding ortho intramolecular Hbond substituents is 1. The molecule has 2 aromatic rings. The molecule has 0 spiro atoms. The molecule has 0 atom stereocenters. The highest BCUT2D eigenvalue weighted by atomic mass is 79.9. The topological polar surface area (TPSA) is 97.2 Å². The lowest BCUT2D eigenvalue weighted by atomic mass is 10.2. The maximum atomic E-state index is 12.1. The summed E-state index contributed by atoms with van der Waals surface area (Å²) in [6.07, 6.45) is 1.30. The highest BCUT2D eigenvalue weighted by molar-refractivity contribution is 9.10. The minimum Gasteiger partial charge on any atom is -0.503 e. The third-order valence-corrected chi connectivity index (χ3v) is 4.87. The quantitative estimate of drug-likeness (QED) is 0.558. The number of benzene rings is 2. The Balaban J connectivity index is 2.16. The maximum absolute atomic E-state index is 12.1. The fourth-order valence-electron chi connectivity index (χ4n) is 1.80. The highest BCUT2D eigenvalue weighted by Gasteiger charge is 2.13. The molecule has 2 rings (SSSR count). The van der Waals surface area contributed by atoms with Crippen LogP contribution in [-0.2, 0) is 10.0 Å². The Kier molecular flexibility index (Phi) is 5.68. The molecule has 0 heterocycles. The molecule has 24 heavy (non-hydrogen) atoms. The fourth-order valence-corrected chi connectivity index (χ4v) is 3.05. The first-order chi connectivity index (χ1) is 11.4. The van der Waals surface area contributed by atoms with E-state index >= 15 is 0 Å². The van der Waals surface area contributed by atoms with Crippen molar-refractivity contribution in [2.45, 2.75) is 4.90 Å². The van der Waals surface area contributed by atoms with Crippen LogP contribution in [0.25, 0.3) is 0 Å². The van der Waals surface area contributed by atoms with E-state index in [-0.39, 0.29) is 16.4 Å². The van der Waals surface area contributed by atoms with Gasteiger partial charge in [-0.15, -0.1) is 0 Å². The van der Waals surface area contributed by atoms with Crippen LogP contribution in [0.15, 0.2) is 50.9 Å². The number of ether oxygens (including phenoxy) is 2. The number of hydrogen-bond donors (Lipinski definition) is 2. The van der Waals surface area contributed by atoms with Gasteiger partial charge in [-0.1, -0.05) is 0 Å².